The molecule has 7 rings (SSSR count). The molecule has 1 aliphatic heterocycles. The Hall–Kier alpha value is -4.52. The lowest BCUT2D eigenvalue weighted by Crippen LogP contribution is -2.41. The van der Waals surface area contributed by atoms with Crippen LogP contribution in [0.4, 0.5) is 0 Å². The quantitative estimate of drug-likeness (QED) is 0.0786. The van der Waals surface area contributed by atoms with Crippen LogP contribution in [0.3, 0.4) is 0 Å². The minimum absolute atomic E-state index is 0. The van der Waals surface area contributed by atoms with Gasteiger partial charge in [-0.05, 0) is 142 Å². The maximum atomic E-state index is 12.1. The third-order valence-electron chi connectivity index (χ3n) is 10.8. The Kier molecular flexibility index (Phi) is 19.5. The molecular weight excluding hydrogens is 1030 g/mol. The van der Waals surface area contributed by atoms with E-state index in [0.717, 1.165) is 59.3 Å². The van der Waals surface area contributed by atoms with Crippen molar-refractivity contribution in [2.45, 2.75) is 110 Å². The van der Waals surface area contributed by atoms with Crippen LogP contribution in [0.2, 0.25) is 0 Å². The number of benzene rings is 2. The van der Waals surface area contributed by atoms with E-state index < -0.39 is 38.0 Å². The fourth-order valence-corrected chi connectivity index (χ4v) is 11.2. The zero-order valence-corrected chi connectivity index (χ0v) is 44.4. The van der Waals surface area contributed by atoms with Crippen molar-refractivity contribution in [3.63, 3.8) is 0 Å². The minimum Gasteiger partial charge on any atom is -0.465 e. The van der Waals surface area contributed by atoms with E-state index in [1.54, 1.807) is 64.9 Å². The number of carbonyl (C=O) groups excluding carboxylic acids is 2. The number of rotatable bonds is 14. The summed E-state index contributed by atoms with van der Waals surface area (Å²) in [6, 6.07) is 21.5. The van der Waals surface area contributed by atoms with Gasteiger partial charge in [0.2, 0.25) is 0 Å². The molecule has 0 saturated carbocycles. The minimum atomic E-state index is -3.46. The Labute approximate surface area is 421 Å². The first-order valence-electron chi connectivity index (χ1n) is 21.3. The molecule has 0 spiro atoms. The average Bonchev–Trinajstić information content (AvgIpc) is 4.09. The van der Waals surface area contributed by atoms with Gasteiger partial charge in [0.25, 0.3) is 0 Å². The van der Waals surface area contributed by atoms with Gasteiger partial charge in [0.05, 0.1) is 83.7 Å². The van der Waals surface area contributed by atoms with Crippen LogP contribution in [-0.2, 0) is 74.3 Å². The number of aliphatic hydroxyl groups excluding tert-OH is 2. The number of nitrogens with zero attached hydrogens (tertiary/aromatic N) is 4. The maximum absolute atomic E-state index is 12.1. The standard InChI is InChI=1S/C20H22N2O5S2.C14H21BO5S.C12H13BrN2O2S.CH4/c1-4-27-20(24)11-22-16(9-13(2)21-22)18-8-7-17(28-18)14-5-6-15(12-23)19(10-14)29(3,25)26;1-13(2)14(3,4)20-15(19-13)11-7-6-10(9-16)12(8-11)21(5,17)18;1-3-17-12(16)7-15-9(6-8(2)14-15)10-4-5-11(13)18-10;/h5-10,23H,4,11-12H2,1-3H3;6-8,16H,9H2,1-5H3;4-6H,3,7H2,1-2H3;1H4. The van der Waals surface area contributed by atoms with E-state index in [1.165, 1.54) is 17.4 Å². The SMILES string of the molecule is C.CC1(C)OB(c2ccc(CO)c(S(C)(=O)=O)c2)OC1(C)C.CCOC(=O)Cn1nc(C)cc1-c1ccc(-c2ccc(CO)c(S(C)(=O)=O)c2)s1.CCOC(=O)Cn1nc(C)cc1-c1ccc(Br)s1. The number of thiophene rings is 2. The van der Waals surface area contributed by atoms with E-state index in [9.17, 15) is 36.6 Å². The summed E-state index contributed by atoms with van der Waals surface area (Å²) in [5.41, 5.74) is 4.55. The molecule has 0 bridgehead atoms. The van der Waals surface area contributed by atoms with Crippen molar-refractivity contribution in [1.29, 1.82) is 0 Å². The van der Waals surface area contributed by atoms with Gasteiger partial charge >= 0.3 is 19.1 Å². The predicted molar refractivity (Wildman–Crippen MR) is 274 cm³/mol. The molecule has 22 heteroatoms. The smallest absolute Gasteiger partial charge is 0.465 e. The fourth-order valence-electron chi connectivity index (χ4n) is 6.83. The maximum Gasteiger partial charge on any atom is 0.494 e. The lowest BCUT2D eigenvalue weighted by molar-refractivity contribution is -0.144. The second-order valence-corrected chi connectivity index (χ2v) is 24.2. The van der Waals surface area contributed by atoms with Crippen LogP contribution in [-0.4, -0.2) is 103 Å². The van der Waals surface area contributed by atoms with Crippen molar-refractivity contribution < 1.29 is 55.4 Å². The monoisotopic (exact) mass is 1090 g/mol. The first-order chi connectivity index (χ1) is 31.8. The van der Waals surface area contributed by atoms with Gasteiger partial charge in [0, 0.05) is 17.4 Å². The molecule has 0 aliphatic carbocycles. The molecule has 4 aromatic heterocycles. The summed E-state index contributed by atoms with van der Waals surface area (Å²) in [5, 5.41) is 27.4. The third kappa shape index (κ3) is 14.5. The molecule has 1 aliphatic rings. The molecule has 2 aromatic carbocycles. The molecule has 6 aromatic rings. The molecule has 374 valence electrons. The van der Waals surface area contributed by atoms with E-state index in [0.29, 0.717) is 29.8 Å². The average molecular weight is 1090 g/mol. The van der Waals surface area contributed by atoms with Crippen molar-refractivity contribution in [2.75, 3.05) is 25.7 Å². The van der Waals surface area contributed by atoms with Crippen molar-refractivity contribution >= 4 is 82.8 Å². The van der Waals surface area contributed by atoms with Crippen LogP contribution in [0.25, 0.3) is 31.6 Å². The molecule has 2 N–H and O–H groups in total. The summed E-state index contributed by atoms with van der Waals surface area (Å²) in [4.78, 5) is 26.5. The van der Waals surface area contributed by atoms with Crippen molar-refractivity contribution in [2.24, 2.45) is 0 Å². The summed E-state index contributed by atoms with van der Waals surface area (Å²) in [6.07, 6.45) is 2.25. The number of aryl methyl sites for hydroxylation is 2. The zero-order chi connectivity index (χ0) is 50.4. The molecule has 0 amide bonds. The Morgan fingerprint density at radius 2 is 1.12 bits per heavy atom. The zero-order valence-electron chi connectivity index (χ0n) is 39.5. The molecular formula is C47H60BBrN4O12S4. The molecule has 0 radical (unpaired) electrons. The number of esters is 2. The predicted octanol–water partition coefficient (Wildman–Crippen LogP) is 7.81. The largest absolute Gasteiger partial charge is 0.494 e. The van der Waals surface area contributed by atoms with E-state index in [1.807, 2.05) is 77.9 Å². The summed E-state index contributed by atoms with van der Waals surface area (Å²) in [6.45, 7) is 15.3. The van der Waals surface area contributed by atoms with Gasteiger partial charge in [-0.25, -0.2) is 16.8 Å². The highest BCUT2D eigenvalue weighted by atomic mass is 79.9. The molecule has 16 nitrogen and oxygen atoms in total. The van der Waals surface area contributed by atoms with Gasteiger partial charge in [-0.15, -0.1) is 22.7 Å². The topological polar surface area (TPSA) is 215 Å². The van der Waals surface area contributed by atoms with Crippen LogP contribution in [0.5, 0.6) is 0 Å². The first kappa shape index (κ1) is 57.1. The van der Waals surface area contributed by atoms with Gasteiger partial charge in [-0.1, -0.05) is 31.7 Å². The molecule has 0 unspecified atom stereocenters. The van der Waals surface area contributed by atoms with Crippen molar-refractivity contribution in [3.05, 3.63) is 99.1 Å². The van der Waals surface area contributed by atoms with Crippen LogP contribution in [0.1, 0.15) is 71.5 Å². The van der Waals surface area contributed by atoms with E-state index in [4.69, 9.17) is 18.8 Å². The lowest BCUT2D eigenvalue weighted by Gasteiger charge is -2.32. The van der Waals surface area contributed by atoms with Crippen LogP contribution < -0.4 is 5.46 Å². The number of aliphatic hydroxyl groups is 2. The van der Waals surface area contributed by atoms with Gasteiger partial charge in [-0.2, -0.15) is 10.2 Å². The second-order valence-electron chi connectivity index (χ2n) is 16.7. The van der Waals surface area contributed by atoms with Crippen LogP contribution in [0.15, 0.2) is 86.4 Å². The Morgan fingerprint density at radius 1 is 0.681 bits per heavy atom. The molecule has 5 heterocycles. The Bertz CT molecular complexity index is 2960. The van der Waals surface area contributed by atoms with E-state index >= 15 is 0 Å². The molecule has 69 heavy (non-hydrogen) atoms. The summed E-state index contributed by atoms with van der Waals surface area (Å²) in [7, 11) is -7.51. The van der Waals surface area contributed by atoms with Crippen LogP contribution >= 0.6 is 38.6 Å². The number of hydrogen-bond donors (Lipinski definition) is 2. The van der Waals surface area contributed by atoms with Gasteiger partial charge in [0.1, 0.15) is 13.1 Å². The number of halogens is 1. The summed E-state index contributed by atoms with van der Waals surface area (Å²) < 4.78 is 73.9. The first-order valence-corrected chi connectivity index (χ1v) is 27.5. The van der Waals surface area contributed by atoms with Crippen LogP contribution in [0, 0.1) is 13.8 Å². The molecule has 0 atom stereocenters. The summed E-state index contributed by atoms with van der Waals surface area (Å²) >= 11 is 6.52. The third-order valence-corrected chi connectivity index (χ3v) is 15.9. The highest BCUT2D eigenvalue weighted by Gasteiger charge is 2.51. The number of carbonyl (C=O) groups is 2. The van der Waals surface area contributed by atoms with E-state index in [2.05, 4.69) is 26.1 Å². The normalized spacial score (nSPS) is 14.0. The highest BCUT2D eigenvalue weighted by Crippen LogP contribution is 2.38. The van der Waals surface area contributed by atoms with Crippen molar-refractivity contribution in [3.8, 4) is 31.6 Å². The number of ether oxygens (including phenoxy) is 2. The Balaban J connectivity index is 0.000000231. The van der Waals surface area contributed by atoms with Gasteiger partial charge in [-0.3, -0.25) is 19.0 Å². The highest BCUT2D eigenvalue weighted by molar-refractivity contribution is 9.11. The molecule has 1 saturated heterocycles. The summed E-state index contributed by atoms with van der Waals surface area (Å²) in [5.74, 6) is -0.622. The lowest BCUT2D eigenvalue weighted by atomic mass is 9.79. The number of aromatic nitrogens is 4. The van der Waals surface area contributed by atoms with E-state index in [-0.39, 0.29) is 55.5 Å². The number of sulfone groups is 2. The molecule has 1 fully saturated rings. The van der Waals surface area contributed by atoms with Gasteiger partial charge in [0.15, 0.2) is 19.7 Å². The van der Waals surface area contributed by atoms with Gasteiger partial charge < -0.3 is 29.0 Å². The number of hydrogen-bond acceptors (Lipinski definition) is 16. The second kappa shape index (κ2) is 23.6. The van der Waals surface area contributed by atoms with Crippen molar-refractivity contribution in [1.82, 2.24) is 19.6 Å². The Morgan fingerprint density at radius 3 is 1.55 bits per heavy atom. The fraction of sp³-hybridized carbons (Fsp3) is 0.404.